The Labute approximate surface area is 116 Å². The number of nitrogens with zero attached hydrogens (tertiary/aromatic N) is 3. The van der Waals surface area contributed by atoms with Gasteiger partial charge in [-0.15, -0.1) is 0 Å². The normalized spacial score (nSPS) is 20.2. The molecule has 0 bridgehead atoms. The van der Waals surface area contributed by atoms with Gasteiger partial charge in [-0.3, -0.25) is 4.90 Å². The van der Waals surface area contributed by atoms with E-state index >= 15 is 0 Å². The lowest BCUT2D eigenvalue weighted by Crippen LogP contribution is -2.38. The lowest BCUT2D eigenvalue weighted by Gasteiger charge is -2.31. The van der Waals surface area contributed by atoms with E-state index in [1.54, 1.807) is 19.1 Å². The molecule has 0 N–H and O–H groups in total. The summed E-state index contributed by atoms with van der Waals surface area (Å²) in [4.78, 5) is 6.33. The maximum Gasteiger partial charge on any atom is 0.223 e. The molecule has 1 unspecified atom stereocenters. The summed E-state index contributed by atoms with van der Waals surface area (Å²) in [5, 5.41) is 3.89. The molecule has 1 aliphatic rings. The van der Waals surface area contributed by atoms with Crippen molar-refractivity contribution in [2.45, 2.75) is 19.6 Å². The van der Waals surface area contributed by atoms with Gasteiger partial charge < -0.3 is 9.26 Å². The van der Waals surface area contributed by atoms with Crippen LogP contribution in [0.3, 0.4) is 0 Å². The van der Waals surface area contributed by atoms with Crippen molar-refractivity contribution < 1.29 is 13.7 Å². The lowest BCUT2D eigenvalue weighted by molar-refractivity contribution is -0.0383. The van der Waals surface area contributed by atoms with Gasteiger partial charge in [0.2, 0.25) is 11.7 Å². The Bertz CT molecular complexity index is 587. The molecule has 2 aromatic rings. The quantitative estimate of drug-likeness (QED) is 0.860. The lowest BCUT2D eigenvalue weighted by atomic mass is 10.1. The van der Waals surface area contributed by atoms with Crippen molar-refractivity contribution in [1.29, 1.82) is 0 Å². The van der Waals surface area contributed by atoms with Crippen molar-refractivity contribution in [2.24, 2.45) is 0 Å². The summed E-state index contributed by atoms with van der Waals surface area (Å²) in [6.45, 7) is 4.28. The number of halogens is 1. The first-order valence-electron chi connectivity index (χ1n) is 6.60. The Kier molecular flexibility index (Phi) is 3.75. The van der Waals surface area contributed by atoms with Crippen LogP contribution < -0.4 is 0 Å². The van der Waals surface area contributed by atoms with Crippen molar-refractivity contribution >= 4 is 0 Å². The number of aryl methyl sites for hydroxylation is 1. The summed E-state index contributed by atoms with van der Waals surface area (Å²) < 4.78 is 24.3. The van der Waals surface area contributed by atoms with Gasteiger partial charge in [-0.25, -0.2) is 4.39 Å². The number of morpholine rings is 1. The van der Waals surface area contributed by atoms with Crippen LogP contribution in [-0.4, -0.2) is 34.7 Å². The van der Waals surface area contributed by atoms with Crippen LogP contribution in [0.4, 0.5) is 4.39 Å². The molecule has 0 amide bonds. The first-order chi connectivity index (χ1) is 9.72. The van der Waals surface area contributed by atoms with Crippen LogP contribution in [0.1, 0.15) is 23.4 Å². The summed E-state index contributed by atoms with van der Waals surface area (Å²) in [6.07, 6.45) is -0.215. The van der Waals surface area contributed by atoms with Crippen LogP contribution in [-0.2, 0) is 11.3 Å². The average Bonchev–Trinajstić information content (AvgIpc) is 2.89. The van der Waals surface area contributed by atoms with Gasteiger partial charge in [-0.1, -0.05) is 23.4 Å². The summed E-state index contributed by atoms with van der Waals surface area (Å²) >= 11 is 0. The molecule has 1 aliphatic heterocycles. The SMILES string of the molecule is Cc1nc(C2CN(Cc3ccccc3F)CCO2)no1. The minimum absolute atomic E-state index is 0.175. The van der Waals surface area contributed by atoms with E-state index in [0.717, 1.165) is 6.54 Å². The fraction of sp³-hybridized carbons (Fsp3) is 0.429. The zero-order valence-electron chi connectivity index (χ0n) is 11.3. The molecular formula is C14H16FN3O2. The molecule has 6 heteroatoms. The summed E-state index contributed by atoms with van der Waals surface area (Å²) in [7, 11) is 0. The molecule has 1 atom stereocenters. The topological polar surface area (TPSA) is 51.4 Å². The second kappa shape index (κ2) is 5.68. The van der Waals surface area contributed by atoms with Gasteiger partial charge in [0.1, 0.15) is 11.9 Å². The molecule has 3 rings (SSSR count). The van der Waals surface area contributed by atoms with Crippen molar-refractivity contribution in [3.05, 3.63) is 47.4 Å². The van der Waals surface area contributed by atoms with Crippen molar-refractivity contribution in [1.82, 2.24) is 15.0 Å². The smallest absolute Gasteiger partial charge is 0.223 e. The van der Waals surface area contributed by atoms with Crippen LogP contribution in [0.15, 0.2) is 28.8 Å². The summed E-state index contributed by atoms with van der Waals surface area (Å²) in [5.41, 5.74) is 0.692. The second-order valence-electron chi connectivity index (χ2n) is 4.86. The zero-order valence-corrected chi connectivity index (χ0v) is 11.3. The fourth-order valence-electron chi connectivity index (χ4n) is 2.32. The van der Waals surface area contributed by atoms with Crippen molar-refractivity contribution in [3.8, 4) is 0 Å². The second-order valence-corrected chi connectivity index (χ2v) is 4.86. The first-order valence-corrected chi connectivity index (χ1v) is 6.60. The third-order valence-corrected chi connectivity index (χ3v) is 3.33. The molecule has 1 fully saturated rings. The standard InChI is InChI=1S/C14H16FN3O2/c1-10-16-14(17-20-10)13-9-18(6-7-19-13)8-11-4-2-3-5-12(11)15/h2-5,13H,6-9H2,1H3. The van der Waals surface area contributed by atoms with Gasteiger partial charge in [0.25, 0.3) is 0 Å². The zero-order chi connectivity index (χ0) is 13.9. The number of hydrogen-bond donors (Lipinski definition) is 0. The van der Waals surface area contributed by atoms with Crippen molar-refractivity contribution in [2.75, 3.05) is 19.7 Å². The van der Waals surface area contributed by atoms with Crippen LogP contribution in [0.5, 0.6) is 0 Å². The maximum absolute atomic E-state index is 13.7. The number of ether oxygens (including phenoxy) is 1. The summed E-state index contributed by atoms with van der Waals surface area (Å²) in [6, 6.07) is 6.83. The highest BCUT2D eigenvalue weighted by molar-refractivity contribution is 5.17. The molecule has 1 saturated heterocycles. The van der Waals surface area contributed by atoms with Gasteiger partial charge >= 0.3 is 0 Å². The van der Waals surface area contributed by atoms with Gasteiger partial charge in [0, 0.05) is 32.1 Å². The third-order valence-electron chi connectivity index (χ3n) is 3.33. The highest BCUT2D eigenvalue weighted by atomic mass is 19.1. The molecule has 0 spiro atoms. The molecule has 1 aromatic carbocycles. The molecule has 0 aliphatic carbocycles. The van der Waals surface area contributed by atoms with Gasteiger partial charge in [-0.2, -0.15) is 4.98 Å². The third kappa shape index (κ3) is 2.86. The maximum atomic E-state index is 13.7. The number of hydrogen-bond acceptors (Lipinski definition) is 5. The molecule has 0 radical (unpaired) electrons. The Morgan fingerprint density at radius 3 is 3.00 bits per heavy atom. The number of benzene rings is 1. The van der Waals surface area contributed by atoms with Crippen molar-refractivity contribution in [3.63, 3.8) is 0 Å². The summed E-state index contributed by atoms with van der Waals surface area (Å²) in [5.74, 6) is 0.904. The van der Waals surface area contributed by atoms with E-state index < -0.39 is 0 Å². The highest BCUT2D eigenvalue weighted by Crippen LogP contribution is 2.21. The van der Waals surface area contributed by atoms with E-state index in [1.807, 2.05) is 6.07 Å². The molecular weight excluding hydrogens is 261 g/mol. The predicted molar refractivity (Wildman–Crippen MR) is 69.4 cm³/mol. The van der Waals surface area contributed by atoms with E-state index in [-0.39, 0.29) is 11.9 Å². The van der Waals surface area contributed by atoms with E-state index in [4.69, 9.17) is 9.26 Å². The molecule has 1 aromatic heterocycles. The monoisotopic (exact) mass is 277 g/mol. The van der Waals surface area contributed by atoms with Crippen LogP contribution in [0.25, 0.3) is 0 Å². The Morgan fingerprint density at radius 1 is 1.40 bits per heavy atom. The molecule has 20 heavy (non-hydrogen) atoms. The van der Waals surface area contributed by atoms with E-state index in [9.17, 15) is 4.39 Å². The van der Waals surface area contributed by atoms with Crippen LogP contribution >= 0.6 is 0 Å². The number of aromatic nitrogens is 2. The molecule has 106 valence electrons. The first kappa shape index (κ1) is 13.2. The number of rotatable bonds is 3. The van der Waals surface area contributed by atoms with Crippen LogP contribution in [0.2, 0.25) is 0 Å². The molecule has 2 heterocycles. The minimum atomic E-state index is -0.215. The minimum Gasteiger partial charge on any atom is -0.367 e. The van der Waals surface area contributed by atoms with E-state index in [1.165, 1.54) is 6.07 Å². The molecule has 0 saturated carbocycles. The van der Waals surface area contributed by atoms with E-state index in [0.29, 0.717) is 37.0 Å². The van der Waals surface area contributed by atoms with Gasteiger partial charge in [0.15, 0.2) is 0 Å². The van der Waals surface area contributed by atoms with Gasteiger partial charge in [-0.05, 0) is 6.07 Å². The molecule has 5 nitrogen and oxygen atoms in total. The Balaban J connectivity index is 1.68. The van der Waals surface area contributed by atoms with E-state index in [2.05, 4.69) is 15.0 Å². The predicted octanol–water partition coefficient (Wildman–Crippen LogP) is 2.09. The van der Waals surface area contributed by atoms with Crippen LogP contribution in [0, 0.1) is 12.7 Å². The Hall–Kier alpha value is -1.79. The highest BCUT2D eigenvalue weighted by Gasteiger charge is 2.26. The average molecular weight is 277 g/mol. The largest absolute Gasteiger partial charge is 0.367 e. The Morgan fingerprint density at radius 2 is 2.25 bits per heavy atom. The fourth-order valence-corrected chi connectivity index (χ4v) is 2.32. The van der Waals surface area contributed by atoms with Gasteiger partial charge in [0.05, 0.1) is 6.61 Å².